The lowest BCUT2D eigenvalue weighted by Gasteiger charge is -2.08. The SMILES string of the molecule is O=C(CCc1c(F)cccc1Cl)NCc1ccnc(-c2ccncc2)c1. The molecule has 26 heavy (non-hydrogen) atoms. The largest absolute Gasteiger partial charge is 0.352 e. The zero-order valence-electron chi connectivity index (χ0n) is 14.0. The van der Waals surface area contributed by atoms with Crippen molar-refractivity contribution in [3.8, 4) is 11.3 Å². The Labute approximate surface area is 156 Å². The highest BCUT2D eigenvalue weighted by Crippen LogP contribution is 2.20. The van der Waals surface area contributed by atoms with Crippen molar-refractivity contribution in [1.29, 1.82) is 0 Å². The molecular formula is C20H17ClFN3O. The van der Waals surface area contributed by atoms with Gasteiger partial charge in [0.2, 0.25) is 5.91 Å². The standard InChI is InChI=1S/C20H17ClFN3O/c21-17-2-1-3-18(22)16(17)4-5-20(26)25-13-14-6-11-24-19(12-14)15-7-9-23-10-8-15/h1-3,6-12H,4-5,13H2,(H,25,26). The van der Waals surface area contributed by atoms with E-state index >= 15 is 0 Å². The second-order valence-corrected chi connectivity index (χ2v) is 6.17. The fourth-order valence-electron chi connectivity index (χ4n) is 2.56. The lowest BCUT2D eigenvalue weighted by atomic mass is 10.1. The monoisotopic (exact) mass is 369 g/mol. The lowest BCUT2D eigenvalue weighted by molar-refractivity contribution is -0.121. The van der Waals surface area contributed by atoms with Crippen molar-refractivity contribution >= 4 is 17.5 Å². The van der Waals surface area contributed by atoms with Gasteiger partial charge in [0.05, 0.1) is 5.69 Å². The molecule has 2 aromatic heterocycles. The topological polar surface area (TPSA) is 54.9 Å². The molecule has 0 fully saturated rings. The minimum atomic E-state index is -0.388. The number of aromatic nitrogens is 2. The summed E-state index contributed by atoms with van der Waals surface area (Å²) in [5.41, 5.74) is 3.08. The molecule has 3 aromatic rings. The number of hydrogen-bond donors (Lipinski definition) is 1. The average Bonchev–Trinajstić information content (AvgIpc) is 2.67. The molecule has 6 heteroatoms. The van der Waals surface area contributed by atoms with Crippen molar-refractivity contribution in [3.05, 3.63) is 83.0 Å². The van der Waals surface area contributed by atoms with Crippen LogP contribution in [0.3, 0.4) is 0 Å². The van der Waals surface area contributed by atoms with Crippen LogP contribution in [0.25, 0.3) is 11.3 Å². The number of nitrogens with one attached hydrogen (secondary N) is 1. The zero-order chi connectivity index (χ0) is 18.4. The van der Waals surface area contributed by atoms with E-state index in [0.717, 1.165) is 16.8 Å². The highest BCUT2D eigenvalue weighted by Gasteiger charge is 2.10. The van der Waals surface area contributed by atoms with E-state index in [-0.39, 0.29) is 24.6 Å². The van der Waals surface area contributed by atoms with Crippen molar-refractivity contribution in [2.45, 2.75) is 19.4 Å². The summed E-state index contributed by atoms with van der Waals surface area (Å²) in [7, 11) is 0. The van der Waals surface area contributed by atoms with Gasteiger partial charge in [0.1, 0.15) is 5.82 Å². The summed E-state index contributed by atoms with van der Waals surface area (Å²) in [6.45, 7) is 0.379. The summed E-state index contributed by atoms with van der Waals surface area (Å²) in [6.07, 6.45) is 5.55. The van der Waals surface area contributed by atoms with Crippen LogP contribution in [-0.2, 0) is 17.8 Å². The Morgan fingerprint density at radius 3 is 2.69 bits per heavy atom. The van der Waals surface area contributed by atoms with E-state index in [1.807, 2.05) is 24.3 Å². The molecule has 0 spiro atoms. The minimum Gasteiger partial charge on any atom is -0.352 e. The van der Waals surface area contributed by atoms with Crippen LogP contribution in [0.4, 0.5) is 4.39 Å². The molecule has 1 N–H and O–H groups in total. The predicted molar refractivity (Wildman–Crippen MR) is 99.0 cm³/mol. The average molecular weight is 370 g/mol. The normalized spacial score (nSPS) is 10.5. The Morgan fingerprint density at radius 1 is 1.12 bits per heavy atom. The van der Waals surface area contributed by atoms with E-state index in [1.54, 1.807) is 30.7 Å². The maximum Gasteiger partial charge on any atom is 0.220 e. The van der Waals surface area contributed by atoms with E-state index < -0.39 is 0 Å². The van der Waals surface area contributed by atoms with Crippen molar-refractivity contribution in [1.82, 2.24) is 15.3 Å². The lowest BCUT2D eigenvalue weighted by Crippen LogP contribution is -2.23. The number of halogens is 2. The molecule has 0 radical (unpaired) electrons. The molecule has 0 aliphatic rings. The van der Waals surface area contributed by atoms with Gasteiger partial charge >= 0.3 is 0 Å². The summed E-state index contributed by atoms with van der Waals surface area (Å²) < 4.78 is 13.7. The minimum absolute atomic E-state index is 0.161. The van der Waals surface area contributed by atoms with Gasteiger partial charge in [-0.05, 0) is 48.4 Å². The molecule has 2 heterocycles. The molecule has 0 unspecified atom stereocenters. The van der Waals surface area contributed by atoms with Crippen LogP contribution in [0.2, 0.25) is 5.02 Å². The molecule has 0 saturated carbocycles. The number of hydrogen-bond acceptors (Lipinski definition) is 3. The smallest absolute Gasteiger partial charge is 0.220 e. The third-order valence-electron chi connectivity index (χ3n) is 3.95. The second-order valence-electron chi connectivity index (χ2n) is 5.76. The number of pyridine rings is 2. The molecule has 0 bridgehead atoms. The first-order valence-electron chi connectivity index (χ1n) is 8.18. The maximum absolute atomic E-state index is 13.7. The van der Waals surface area contributed by atoms with E-state index in [4.69, 9.17) is 11.6 Å². The molecule has 0 aliphatic heterocycles. The first-order valence-corrected chi connectivity index (χ1v) is 8.56. The van der Waals surface area contributed by atoms with E-state index in [9.17, 15) is 9.18 Å². The van der Waals surface area contributed by atoms with Crippen LogP contribution in [0.1, 0.15) is 17.5 Å². The van der Waals surface area contributed by atoms with Gasteiger partial charge in [0, 0.05) is 47.7 Å². The highest BCUT2D eigenvalue weighted by molar-refractivity contribution is 6.31. The summed E-state index contributed by atoms with van der Waals surface area (Å²) in [5, 5.41) is 3.18. The van der Waals surface area contributed by atoms with Gasteiger partial charge < -0.3 is 5.32 Å². The Morgan fingerprint density at radius 2 is 1.92 bits per heavy atom. The Balaban J connectivity index is 1.57. The Kier molecular flexibility index (Phi) is 5.92. The summed E-state index contributed by atoms with van der Waals surface area (Å²) in [4.78, 5) is 20.4. The van der Waals surface area contributed by atoms with E-state index in [2.05, 4.69) is 15.3 Å². The number of amides is 1. The fourth-order valence-corrected chi connectivity index (χ4v) is 2.82. The summed E-state index contributed by atoms with van der Waals surface area (Å²) in [5.74, 6) is -0.548. The molecular weight excluding hydrogens is 353 g/mol. The Bertz CT molecular complexity index is 882. The van der Waals surface area contributed by atoms with Gasteiger partial charge in [-0.1, -0.05) is 17.7 Å². The van der Waals surface area contributed by atoms with Gasteiger partial charge in [-0.2, -0.15) is 0 Å². The first-order chi connectivity index (χ1) is 12.6. The highest BCUT2D eigenvalue weighted by atomic mass is 35.5. The molecule has 0 saturated heterocycles. The van der Waals surface area contributed by atoms with Gasteiger partial charge in [0.15, 0.2) is 0 Å². The van der Waals surface area contributed by atoms with Crippen molar-refractivity contribution in [2.24, 2.45) is 0 Å². The van der Waals surface area contributed by atoms with Gasteiger partial charge in [0.25, 0.3) is 0 Å². The molecule has 1 aromatic carbocycles. The third kappa shape index (κ3) is 4.64. The summed E-state index contributed by atoms with van der Waals surface area (Å²) in [6, 6.07) is 12.0. The molecule has 0 atom stereocenters. The predicted octanol–water partition coefficient (Wildman–Crippen LogP) is 4.19. The number of carbonyl (C=O) groups excluding carboxylic acids is 1. The molecule has 4 nitrogen and oxygen atoms in total. The zero-order valence-corrected chi connectivity index (χ0v) is 14.7. The fraction of sp³-hybridized carbons (Fsp3) is 0.150. The number of rotatable bonds is 6. The van der Waals surface area contributed by atoms with Crippen molar-refractivity contribution in [3.63, 3.8) is 0 Å². The quantitative estimate of drug-likeness (QED) is 0.709. The van der Waals surface area contributed by atoms with Crippen LogP contribution >= 0.6 is 11.6 Å². The second kappa shape index (κ2) is 8.54. The van der Waals surface area contributed by atoms with Crippen LogP contribution in [-0.4, -0.2) is 15.9 Å². The van der Waals surface area contributed by atoms with Gasteiger partial charge in [-0.3, -0.25) is 14.8 Å². The maximum atomic E-state index is 13.7. The van der Waals surface area contributed by atoms with Gasteiger partial charge in [-0.25, -0.2) is 4.39 Å². The van der Waals surface area contributed by atoms with Crippen molar-refractivity contribution in [2.75, 3.05) is 0 Å². The molecule has 132 valence electrons. The number of nitrogens with zero attached hydrogens (tertiary/aromatic N) is 2. The van der Waals surface area contributed by atoms with E-state index in [1.165, 1.54) is 6.07 Å². The molecule has 1 amide bonds. The van der Waals surface area contributed by atoms with Crippen LogP contribution in [0, 0.1) is 5.82 Å². The first kappa shape index (κ1) is 18.0. The van der Waals surface area contributed by atoms with Crippen LogP contribution < -0.4 is 5.32 Å². The van der Waals surface area contributed by atoms with E-state index in [0.29, 0.717) is 17.1 Å². The number of carbonyl (C=O) groups is 1. The van der Waals surface area contributed by atoms with Crippen LogP contribution in [0.15, 0.2) is 61.1 Å². The van der Waals surface area contributed by atoms with Crippen molar-refractivity contribution < 1.29 is 9.18 Å². The number of benzene rings is 1. The van der Waals surface area contributed by atoms with Gasteiger partial charge in [-0.15, -0.1) is 0 Å². The Hall–Kier alpha value is -2.79. The molecule has 0 aliphatic carbocycles. The third-order valence-corrected chi connectivity index (χ3v) is 4.31. The molecule has 3 rings (SSSR count). The van der Waals surface area contributed by atoms with Crippen LogP contribution in [0.5, 0.6) is 0 Å². The summed E-state index contributed by atoms with van der Waals surface area (Å²) >= 11 is 5.98.